The number of nitro benzene ring substituents is 1. The highest BCUT2D eigenvalue weighted by Gasteiger charge is 2.41. The highest BCUT2D eigenvalue weighted by Crippen LogP contribution is 2.51. The number of nitrogens with one attached hydrogen (secondary N) is 1. The van der Waals surface area contributed by atoms with Gasteiger partial charge in [-0.15, -0.1) is 0 Å². The smallest absolute Gasteiger partial charge is 0.340 e. The van der Waals surface area contributed by atoms with E-state index in [9.17, 15) is 14.9 Å². The quantitative estimate of drug-likeness (QED) is 0.371. The van der Waals surface area contributed by atoms with Crippen molar-refractivity contribution in [2.45, 2.75) is 25.3 Å². The first-order valence-corrected chi connectivity index (χ1v) is 9.08. The van der Waals surface area contributed by atoms with E-state index in [1.807, 2.05) is 18.2 Å². The summed E-state index contributed by atoms with van der Waals surface area (Å²) in [5, 5.41) is 15.0. The molecule has 0 bridgehead atoms. The largest absolute Gasteiger partial charge is 0.462 e. The third-order valence-electron chi connectivity index (χ3n) is 5.36. The summed E-state index contributed by atoms with van der Waals surface area (Å²) in [6, 6.07) is 12.2. The number of allylic oxidation sites excluding steroid dienone is 2. The van der Waals surface area contributed by atoms with Gasteiger partial charge in [0.2, 0.25) is 0 Å². The average Bonchev–Trinajstić information content (AvgIpc) is 3.17. The Bertz CT molecular complexity index is 938. The highest BCUT2D eigenvalue weighted by molar-refractivity contribution is 5.97. The Morgan fingerprint density at radius 3 is 2.78 bits per heavy atom. The van der Waals surface area contributed by atoms with E-state index in [1.165, 1.54) is 6.07 Å². The maximum atomic E-state index is 12.4. The van der Waals surface area contributed by atoms with Crippen LogP contribution in [-0.4, -0.2) is 17.5 Å². The fraction of sp³-hybridized carbons (Fsp3) is 0.286. The number of ether oxygens (including phenoxy) is 1. The number of rotatable bonds is 4. The molecule has 2 unspecified atom stereocenters. The van der Waals surface area contributed by atoms with Crippen LogP contribution >= 0.6 is 0 Å². The molecule has 2 aromatic rings. The van der Waals surface area contributed by atoms with E-state index in [1.54, 1.807) is 25.1 Å². The van der Waals surface area contributed by atoms with Gasteiger partial charge in [-0.3, -0.25) is 10.1 Å². The van der Waals surface area contributed by atoms with Gasteiger partial charge in [-0.25, -0.2) is 4.79 Å². The summed E-state index contributed by atoms with van der Waals surface area (Å²) in [6.07, 6.45) is 5.09. The minimum Gasteiger partial charge on any atom is -0.462 e. The Morgan fingerprint density at radius 1 is 1.22 bits per heavy atom. The number of hydrogen-bond acceptors (Lipinski definition) is 5. The van der Waals surface area contributed by atoms with Crippen molar-refractivity contribution in [3.63, 3.8) is 0 Å². The van der Waals surface area contributed by atoms with Crippen LogP contribution in [-0.2, 0) is 4.74 Å². The van der Waals surface area contributed by atoms with Crippen molar-refractivity contribution in [2.75, 3.05) is 11.9 Å². The third-order valence-corrected chi connectivity index (χ3v) is 5.36. The van der Waals surface area contributed by atoms with Gasteiger partial charge < -0.3 is 10.1 Å². The Balaban J connectivity index is 1.84. The van der Waals surface area contributed by atoms with Gasteiger partial charge in [-0.05, 0) is 30.9 Å². The van der Waals surface area contributed by atoms with Crippen molar-refractivity contribution in [1.82, 2.24) is 0 Å². The minimum atomic E-state index is -0.386. The molecule has 1 aliphatic carbocycles. The zero-order valence-corrected chi connectivity index (χ0v) is 14.9. The molecule has 0 saturated carbocycles. The van der Waals surface area contributed by atoms with Gasteiger partial charge >= 0.3 is 5.97 Å². The van der Waals surface area contributed by atoms with Gasteiger partial charge in [0, 0.05) is 12.0 Å². The number of nitro groups is 1. The lowest BCUT2D eigenvalue weighted by atomic mass is 9.76. The van der Waals surface area contributed by atoms with Crippen LogP contribution in [0.25, 0.3) is 0 Å². The van der Waals surface area contributed by atoms with Crippen LogP contribution in [0, 0.1) is 16.0 Å². The van der Waals surface area contributed by atoms with Gasteiger partial charge in [0.15, 0.2) is 0 Å². The molecule has 0 saturated heterocycles. The normalized spacial score (nSPS) is 22.5. The maximum Gasteiger partial charge on any atom is 0.340 e. The average molecular weight is 364 g/mol. The lowest BCUT2D eigenvalue weighted by molar-refractivity contribution is -0.385. The van der Waals surface area contributed by atoms with E-state index in [4.69, 9.17) is 4.74 Å². The lowest BCUT2D eigenvalue weighted by Crippen LogP contribution is -2.31. The number of carbonyl (C=O) groups excluding carboxylic acids is 1. The predicted octanol–water partition coefficient (Wildman–Crippen LogP) is 4.60. The molecule has 6 nitrogen and oxygen atoms in total. The van der Waals surface area contributed by atoms with E-state index in [0.29, 0.717) is 23.4 Å². The fourth-order valence-electron chi connectivity index (χ4n) is 4.23. The van der Waals surface area contributed by atoms with E-state index in [0.717, 1.165) is 12.0 Å². The number of fused-ring (bicyclic) bond motifs is 3. The first-order chi connectivity index (χ1) is 13.1. The molecule has 0 spiro atoms. The summed E-state index contributed by atoms with van der Waals surface area (Å²) < 4.78 is 5.20. The number of carbonyl (C=O) groups is 1. The molecule has 0 amide bonds. The van der Waals surface area contributed by atoms with Crippen LogP contribution in [0.2, 0.25) is 0 Å². The summed E-state index contributed by atoms with van der Waals surface area (Å²) in [6.45, 7) is 2.06. The number of anilines is 1. The topological polar surface area (TPSA) is 81.5 Å². The maximum absolute atomic E-state index is 12.4. The van der Waals surface area contributed by atoms with Crippen molar-refractivity contribution in [3.05, 3.63) is 81.4 Å². The van der Waals surface area contributed by atoms with Gasteiger partial charge in [0.25, 0.3) is 5.69 Å². The summed E-state index contributed by atoms with van der Waals surface area (Å²) in [7, 11) is 0. The molecule has 2 aliphatic rings. The molecular formula is C21H20N2O4. The number of nitrogens with zero attached hydrogens (tertiary/aromatic N) is 1. The van der Waals surface area contributed by atoms with Crippen molar-refractivity contribution < 1.29 is 14.5 Å². The summed E-state index contributed by atoms with van der Waals surface area (Å²) in [5.41, 5.74) is 2.96. The molecule has 6 heteroatoms. The van der Waals surface area contributed by atoms with Gasteiger partial charge in [0.05, 0.1) is 34.4 Å². The van der Waals surface area contributed by atoms with E-state index < -0.39 is 0 Å². The van der Waals surface area contributed by atoms with Crippen LogP contribution in [0.1, 0.15) is 46.8 Å². The second-order valence-corrected chi connectivity index (χ2v) is 6.78. The van der Waals surface area contributed by atoms with Gasteiger partial charge in [0.1, 0.15) is 0 Å². The van der Waals surface area contributed by atoms with Crippen LogP contribution in [0.4, 0.5) is 11.4 Å². The standard InChI is InChI=1S/C21H20N2O4/c1-2-27-21(24)17-11-6-10-15-13-8-5-9-14(13)19(22-20(15)17)16-7-3-4-12-18(16)23(25)26/h3-8,10-14,19,22H,2,9H2,1H3/t13?,14?,19-/m0/s1. The molecule has 4 rings (SSSR count). The van der Waals surface area contributed by atoms with E-state index in [2.05, 4.69) is 17.5 Å². The van der Waals surface area contributed by atoms with Crippen molar-refractivity contribution >= 4 is 17.3 Å². The highest BCUT2D eigenvalue weighted by atomic mass is 16.6. The molecule has 1 aliphatic heterocycles. The summed E-state index contributed by atoms with van der Waals surface area (Å²) in [4.78, 5) is 23.6. The molecule has 138 valence electrons. The molecule has 2 aromatic carbocycles. The van der Waals surface area contributed by atoms with Crippen LogP contribution in [0.15, 0.2) is 54.6 Å². The molecule has 1 heterocycles. The van der Waals surface area contributed by atoms with Crippen molar-refractivity contribution in [2.24, 2.45) is 5.92 Å². The number of hydrogen-bond donors (Lipinski definition) is 1. The summed E-state index contributed by atoms with van der Waals surface area (Å²) >= 11 is 0. The molecule has 27 heavy (non-hydrogen) atoms. The van der Waals surface area contributed by atoms with Crippen LogP contribution in [0.3, 0.4) is 0 Å². The molecule has 0 radical (unpaired) electrons. The van der Waals surface area contributed by atoms with Crippen molar-refractivity contribution in [3.8, 4) is 0 Å². The van der Waals surface area contributed by atoms with Crippen molar-refractivity contribution in [1.29, 1.82) is 0 Å². The molecule has 3 atom stereocenters. The zero-order valence-electron chi connectivity index (χ0n) is 14.9. The van der Waals surface area contributed by atoms with E-state index in [-0.39, 0.29) is 34.5 Å². The second-order valence-electron chi connectivity index (χ2n) is 6.78. The zero-order chi connectivity index (χ0) is 19.0. The Kier molecular flexibility index (Phi) is 4.39. The SMILES string of the molecule is CCOC(=O)c1cccc2c1N[C@H](c1ccccc1[N+](=O)[O-])C1CC=CC21. The van der Waals surface area contributed by atoms with Gasteiger partial charge in [-0.1, -0.05) is 42.5 Å². The van der Waals surface area contributed by atoms with Crippen LogP contribution in [0.5, 0.6) is 0 Å². The Morgan fingerprint density at radius 2 is 2.00 bits per heavy atom. The second kappa shape index (κ2) is 6.87. The number of esters is 1. The summed E-state index contributed by atoms with van der Waals surface area (Å²) in [5.74, 6) is -0.111. The third kappa shape index (κ3) is 2.87. The first kappa shape index (κ1) is 17.3. The predicted molar refractivity (Wildman–Crippen MR) is 102 cm³/mol. The monoisotopic (exact) mass is 364 g/mol. The van der Waals surface area contributed by atoms with E-state index >= 15 is 0 Å². The molecule has 0 aromatic heterocycles. The minimum absolute atomic E-state index is 0.0951. The van der Waals surface area contributed by atoms with Gasteiger partial charge in [-0.2, -0.15) is 0 Å². The first-order valence-electron chi connectivity index (χ1n) is 9.08. The van der Waals surface area contributed by atoms with Crippen LogP contribution < -0.4 is 5.32 Å². The Labute approximate surface area is 157 Å². The molecule has 0 fully saturated rings. The fourth-order valence-corrected chi connectivity index (χ4v) is 4.23. The molecule has 1 N–H and O–H groups in total. The number of benzene rings is 2. The molecular weight excluding hydrogens is 344 g/mol. The lowest BCUT2D eigenvalue weighted by Gasteiger charge is -2.38. The number of para-hydroxylation sites is 2. The Hall–Kier alpha value is -3.15.